The Kier molecular flexibility index (Phi) is 5.46. The Labute approximate surface area is 137 Å². The van der Waals surface area contributed by atoms with Crippen molar-refractivity contribution in [1.29, 1.82) is 0 Å². The number of aromatic nitrogens is 1. The Balaban J connectivity index is 1.98. The molecule has 0 saturated carbocycles. The number of ether oxygens (including phenoxy) is 1. The molecule has 1 fully saturated rings. The monoisotopic (exact) mass is 321 g/mol. The molecule has 6 nitrogen and oxygen atoms in total. The van der Waals surface area contributed by atoms with Crippen LogP contribution in [0.5, 0.6) is 0 Å². The normalized spacial score (nSPS) is 18.4. The summed E-state index contributed by atoms with van der Waals surface area (Å²) in [6.45, 7) is 10.7. The number of H-pyrrole nitrogens is 1. The van der Waals surface area contributed by atoms with Gasteiger partial charge in [-0.05, 0) is 52.1 Å². The molecule has 1 atom stereocenters. The van der Waals surface area contributed by atoms with Crippen molar-refractivity contribution >= 4 is 11.9 Å². The molecule has 0 aliphatic carbocycles. The minimum absolute atomic E-state index is 0.163. The van der Waals surface area contributed by atoms with Crippen LogP contribution < -0.4 is 5.32 Å². The zero-order valence-corrected chi connectivity index (χ0v) is 14.7. The number of hydrogen-bond donors (Lipinski definition) is 2. The van der Waals surface area contributed by atoms with E-state index in [0.717, 1.165) is 19.5 Å². The van der Waals surface area contributed by atoms with Gasteiger partial charge in [-0.15, -0.1) is 0 Å². The lowest BCUT2D eigenvalue weighted by molar-refractivity contribution is 0.0599. The highest BCUT2D eigenvalue weighted by Crippen LogP contribution is 2.20. The number of esters is 1. The van der Waals surface area contributed by atoms with Gasteiger partial charge in [0.25, 0.3) is 5.91 Å². The number of methoxy groups -OCH3 is 1. The van der Waals surface area contributed by atoms with E-state index in [2.05, 4.69) is 29.0 Å². The summed E-state index contributed by atoms with van der Waals surface area (Å²) in [6.07, 6.45) is 1.11. The van der Waals surface area contributed by atoms with Crippen LogP contribution in [0.1, 0.15) is 52.4 Å². The number of likely N-dealkylation sites (tertiary alicyclic amines) is 1. The molecule has 0 radical (unpaired) electrons. The van der Waals surface area contributed by atoms with E-state index in [1.807, 2.05) is 0 Å². The minimum Gasteiger partial charge on any atom is -0.465 e. The Hall–Kier alpha value is -1.82. The Bertz CT molecular complexity index is 592. The van der Waals surface area contributed by atoms with Gasteiger partial charge in [-0.3, -0.25) is 4.79 Å². The largest absolute Gasteiger partial charge is 0.465 e. The van der Waals surface area contributed by atoms with Crippen LogP contribution in [0.4, 0.5) is 0 Å². The summed E-state index contributed by atoms with van der Waals surface area (Å²) in [4.78, 5) is 29.6. The molecule has 128 valence electrons. The lowest BCUT2D eigenvalue weighted by Crippen LogP contribution is -2.33. The standard InChI is InChI=1S/C17H27N3O3/c1-10(2)20-7-6-13(9-20)8-18-16(21)15-11(3)14(12(4)19-15)17(22)23-5/h10,13,19H,6-9H2,1-5H3,(H,18,21). The summed E-state index contributed by atoms with van der Waals surface area (Å²) < 4.78 is 4.77. The van der Waals surface area contributed by atoms with Gasteiger partial charge < -0.3 is 19.9 Å². The van der Waals surface area contributed by atoms with Crippen molar-refractivity contribution in [2.45, 2.75) is 40.2 Å². The van der Waals surface area contributed by atoms with Crippen LogP contribution in [0.25, 0.3) is 0 Å². The van der Waals surface area contributed by atoms with Crippen LogP contribution in [-0.4, -0.2) is 54.5 Å². The Morgan fingerprint density at radius 3 is 2.65 bits per heavy atom. The minimum atomic E-state index is -0.418. The van der Waals surface area contributed by atoms with Crippen molar-refractivity contribution < 1.29 is 14.3 Å². The summed E-state index contributed by atoms with van der Waals surface area (Å²) in [5.41, 5.74) is 2.19. The van der Waals surface area contributed by atoms with Gasteiger partial charge in [0.2, 0.25) is 0 Å². The number of nitrogens with one attached hydrogen (secondary N) is 2. The van der Waals surface area contributed by atoms with E-state index < -0.39 is 5.97 Å². The smallest absolute Gasteiger partial charge is 0.339 e. The van der Waals surface area contributed by atoms with E-state index in [-0.39, 0.29) is 5.91 Å². The molecule has 1 aromatic heterocycles. The third kappa shape index (κ3) is 3.75. The zero-order valence-electron chi connectivity index (χ0n) is 14.7. The van der Waals surface area contributed by atoms with Crippen LogP contribution >= 0.6 is 0 Å². The van der Waals surface area contributed by atoms with Gasteiger partial charge in [0.1, 0.15) is 5.69 Å². The van der Waals surface area contributed by atoms with E-state index in [9.17, 15) is 9.59 Å². The molecular weight excluding hydrogens is 294 g/mol. The Morgan fingerprint density at radius 1 is 1.39 bits per heavy atom. The van der Waals surface area contributed by atoms with Crippen LogP contribution in [0.15, 0.2) is 0 Å². The number of rotatable bonds is 5. The molecule has 0 spiro atoms. The van der Waals surface area contributed by atoms with Crippen molar-refractivity contribution in [2.75, 3.05) is 26.7 Å². The Morgan fingerprint density at radius 2 is 2.09 bits per heavy atom. The fourth-order valence-electron chi connectivity index (χ4n) is 3.21. The topological polar surface area (TPSA) is 74.4 Å². The quantitative estimate of drug-likeness (QED) is 0.812. The fraction of sp³-hybridized carbons (Fsp3) is 0.647. The maximum absolute atomic E-state index is 12.4. The zero-order chi connectivity index (χ0) is 17.1. The molecule has 1 amide bonds. The van der Waals surface area contributed by atoms with Crippen molar-refractivity contribution in [3.8, 4) is 0 Å². The molecule has 0 aromatic carbocycles. The van der Waals surface area contributed by atoms with Gasteiger partial charge in [-0.2, -0.15) is 0 Å². The SMILES string of the molecule is COC(=O)c1c(C)[nH]c(C(=O)NCC2CCN(C(C)C)C2)c1C. The van der Waals surface area contributed by atoms with Gasteiger partial charge in [-0.25, -0.2) is 4.79 Å². The second-order valence-corrected chi connectivity index (χ2v) is 6.57. The number of aromatic amines is 1. The first-order chi connectivity index (χ1) is 10.8. The van der Waals surface area contributed by atoms with Crippen LogP contribution in [0, 0.1) is 19.8 Å². The molecule has 2 rings (SSSR count). The molecular formula is C17H27N3O3. The van der Waals surface area contributed by atoms with E-state index in [1.165, 1.54) is 7.11 Å². The van der Waals surface area contributed by atoms with E-state index >= 15 is 0 Å². The third-order valence-corrected chi connectivity index (χ3v) is 4.65. The third-order valence-electron chi connectivity index (χ3n) is 4.65. The maximum atomic E-state index is 12.4. The van der Waals surface area contributed by atoms with Gasteiger partial charge in [-0.1, -0.05) is 0 Å². The first kappa shape index (κ1) is 17.5. The van der Waals surface area contributed by atoms with Crippen molar-refractivity contribution in [2.24, 2.45) is 5.92 Å². The number of aryl methyl sites for hydroxylation is 1. The molecule has 1 unspecified atom stereocenters. The van der Waals surface area contributed by atoms with E-state index in [1.54, 1.807) is 13.8 Å². The van der Waals surface area contributed by atoms with Crippen molar-refractivity contribution in [1.82, 2.24) is 15.2 Å². The molecule has 1 aliphatic heterocycles. The van der Waals surface area contributed by atoms with Gasteiger partial charge in [0, 0.05) is 24.8 Å². The molecule has 6 heteroatoms. The van der Waals surface area contributed by atoms with Crippen molar-refractivity contribution in [3.63, 3.8) is 0 Å². The lowest BCUT2D eigenvalue weighted by atomic mass is 10.1. The highest BCUT2D eigenvalue weighted by atomic mass is 16.5. The summed E-state index contributed by atoms with van der Waals surface area (Å²) in [5.74, 6) is -0.0970. The highest BCUT2D eigenvalue weighted by molar-refractivity contribution is 6.00. The molecule has 1 aliphatic rings. The van der Waals surface area contributed by atoms with E-state index in [0.29, 0.717) is 41.0 Å². The first-order valence-corrected chi connectivity index (χ1v) is 8.14. The fourth-order valence-corrected chi connectivity index (χ4v) is 3.21. The lowest BCUT2D eigenvalue weighted by Gasteiger charge is -2.20. The number of carbonyl (C=O) groups excluding carboxylic acids is 2. The van der Waals surface area contributed by atoms with Gasteiger partial charge in [0.05, 0.1) is 12.7 Å². The number of amides is 1. The van der Waals surface area contributed by atoms with Crippen LogP contribution in [0.3, 0.4) is 0 Å². The van der Waals surface area contributed by atoms with E-state index in [4.69, 9.17) is 4.74 Å². The molecule has 23 heavy (non-hydrogen) atoms. The van der Waals surface area contributed by atoms with Gasteiger partial charge >= 0.3 is 5.97 Å². The molecule has 1 aromatic rings. The average Bonchev–Trinajstić information content (AvgIpc) is 3.09. The maximum Gasteiger partial charge on any atom is 0.339 e. The summed E-state index contributed by atoms with van der Waals surface area (Å²) in [7, 11) is 1.34. The molecule has 0 bridgehead atoms. The summed E-state index contributed by atoms with van der Waals surface area (Å²) in [5, 5.41) is 2.99. The number of nitrogens with zero attached hydrogens (tertiary/aromatic N) is 1. The molecule has 2 heterocycles. The first-order valence-electron chi connectivity index (χ1n) is 8.14. The van der Waals surface area contributed by atoms with Crippen LogP contribution in [-0.2, 0) is 4.74 Å². The predicted octanol–water partition coefficient (Wildman–Crippen LogP) is 1.88. The van der Waals surface area contributed by atoms with Gasteiger partial charge in [0.15, 0.2) is 0 Å². The molecule has 1 saturated heterocycles. The predicted molar refractivity (Wildman–Crippen MR) is 88.8 cm³/mol. The second kappa shape index (κ2) is 7.17. The highest BCUT2D eigenvalue weighted by Gasteiger charge is 2.26. The number of hydrogen-bond acceptors (Lipinski definition) is 4. The van der Waals surface area contributed by atoms with Crippen LogP contribution in [0.2, 0.25) is 0 Å². The average molecular weight is 321 g/mol. The summed E-state index contributed by atoms with van der Waals surface area (Å²) in [6, 6.07) is 0.548. The second-order valence-electron chi connectivity index (χ2n) is 6.57. The van der Waals surface area contributed by atoms with Crippen molar-refractivity contribution in [3.05, 3.63) is 22.5 Å². The molecule has 2 N–H and O–H groups in total. The number of carbonyl (C=O) groups is 2. The summed E-state index contributed by atoms with van der Waals surface area (Å²) >= 11 is 0.